The molecule has 0 unspecified atom stereocenters. The molecule has 24 heavy (non-hydrogen) atoms. The standard InChI is InChI=1S/C15H16N4O4S/c1-10-9-11(2)17-15(16-10)18-19-24(22,23)13-6-3-12(4-7-13)5-8-14(20)21/h3-9,19H,1-2H3,(H,20,21)(H,16,17,18)/b8-5+. The lowest BCUT2D eigenvalue weighted by Gasteiger charge is -2.09. The zero-order chi connectivity index (χ0) is 17.7. The maximum Gasteiger partial charge on any atom is 0.328 e. The van der Waals surface area contributed by atoms with Crippen molar-refractivity contribution in [2.24, 2.45) is 0 Å². The van der Waals surface area contributed by atoms with Crippen molar-refractivity contribution in [2.75, 3.05) is 5.43 Å². The summed E-state index contributed by atoms with van der Waals surface area (Å²) in [6.07, 6.45) is 2.34. The Labute approximate surface area is 139 Å². The number of carboxylic acid groups (broad SMARTS) is 1. The zero-order valence-electron chi connectivity index (χ0n) is 13.0. The van der Waals surface area contributed by atoms with Crippen molar-refractivity contribution in [3.05, 3.63) is 53.4 Å². The first-order valence-electron chi connectivity index (χ1n) is 6.87. The average molecular weight is 348 g/mol. The quantitative estimate of drug-likeness (QED) is 0.534. The van der Waals surface area contributed by atoms with Gasteiger partial charge >= 0.3 is 5.97 Å². The molecule has 0 amide bonds. The Morgan fingerprint density at radius 2 is 1.71 bits per heavy atom. The molecule has 0 aliphatic carbocycles. The van der Waals surface area contributed by atoms with E-state index in [1.165, 1.54) is 30.3 Å². The van der Waals surface area contributed by atoms with Crippen molar-refractivity contribution in [3.63, 3.8) is 0 Å². The summed E-state index contributed by atoms with van der Waals surface area (Å²) in [7, 11) is -3.81. The molecule has 2 rings (SSSR count). The number of rotatable bonds is 6. The summed E-state index contributed by atoms with van der Waals surface area (Å²) >= 11 is 0. The monoisotopic (exact) mass is 348 g/mol. The summed E-state index contributed by atoms with van der Waals surface area (Å²) < 4.78 is 24.4. The van der Waals surface area contributed by atoms with E-state index in [1.54, 1.807) is 19.9 Å². The number of sulfonamides is 1. The van der Waals surface area contributed by atoms with Crippen LogP contribution in [0.2, 0.25) is 0 Å². The second kappa shape index (κ2) is 7.20. The highest BCUT2D eigenvalue weighted by atomic mass is 32.2. The highest BCUT2D eigenvalue weighted by molar-refractivity contribution is 7.89. The molecule has 0 bridgehead atoms. The van der Waals surface area contributed by atoms with Crippen LogP contribution < -0.4 is 10.3 Å². The fourth-order valence-corrected chi connectivity index (χ4v) is 2.72. The van der Waals surface area contributed by atoms with Crippen molar-refractivity contribution >= 4 is 28.0 Å². The van der Waals surface area contributed by atoms with Gasteiger partial charge in [0.15, 0.2) is 0 Å². The van der Waals surface area contributed by atoms with Crippen molar-refractivity contribution in [1.82, 2.24) is 14.8 Å². The molecule has 1 heterocycles. The molecule has 9 heteroatoms. The van der Waals surface area contributed by atoms with Gasteiger partial charge in [0.05, 0.1) is 4.90 Å². The van der Waals surface area contributed by atoms with Crippen LogP contribution in [0.5, 0.6) is 0 Å². The Kier molecular flexibility index (Phi) is 5.27. The highest BCUT2D eigenvalue weighted by Crippen LogP contribution is 2.12. The predicted molar refractivity (Wildman–Crippen MR) is 88.6 cm³/mol. The first-order valence-corrected chi connectivity index (χ1v) is 8.36. The summed E-state index contributed by atoms with van der Waals surface area (Å²) in [4.78, 5) is 20.8. The molecule has 0 saturated heterocycles. The molecule has 126 valence electrons. The number of hydrogen-bond acceptors (Lipinski definition) is 6. The number of nitrogens with zero attached hydrogens (tertiary/aromatic N) is 2. The highest BCUT2D eigenvalue weighted by Gasteiger charge is 2.14. The van der Waals surface area contributed by atoms with Gasteiger partial charge in [-0.1, -0.05) is 12.1 Å². The molecule has 0 saturated carbocycles. The van der Waals surface area contributed by atoms with Gasteiger partial charge in [-0.25, -0.2) is 23.2 Å². The third-order valence-electron chi connectivity index (χ3n) is 2.89. The Hall–Kier alpha value is -2.78. The normalized spacial score (nSPS) is 11.6. The largest absolute Gasteiger partial charge is 0.478 e. The molecular weight excluding hydrogens is 332 g/mol. The van der Waals surface area contributed by atoms with Gasteiger partial charge in [-0.2, -0.15) is 0 Å². The molecule has 0 fully saturated rings. The first-order chi connectivity index (χ1) is 11.3. The fraction of sp³-hybridized carbons (Fsp3) is 0.133. The van der Waals surface area contributed by atoms with Crippen molar-refractivity contribution < 1.29 is 18.3 Å². The number of aryl methyl sites for hydroxylation is 2. The topological polar surface area (TPSA) is 121 Å². The summed E-state index contributed by atoms with van der Waals surface area (Å²) in [6.45, 7) is 3.55. The Bertz CT molecular complexity index is 857. The van der Waals surface area contributed by atoms with E-state index in [9.17, 15) is 13.2 Å². The second-order valence-corrected chi connectivity index (χ2v) is 6.63. The third-order valence-corrected chi connectivity index (χ3v) is 4.15. The molecule has 0 aliphatic heterocycles. The Morgan fingerprint density at radius 1 is 1.12 bits per heavy atom. The van der Waals surface area contributed by atoms with Gasteiger partial charge in [-0.05, 0) is 43.7 Å². The van der Waals surface area contributed by atoms with Crippen LogP contribution in [-0.4, -0.2) is 29.5 Å². The number of aliphatic carboxylic acids is 1. The summed E-state index contributed by atoms with van der Waals surface area (Å²) in [6, 6.07) is 7.51. The summed E-state index contributed by atoms with van der Waals surface area (Å²) in [5.74, 6) is -0.928. The smallest absolute Gasteiger partial charge is 0.328 e. The van der Waals surface area contributed by atoms with E-state index in [0.717, 1.165) is 6.08 Å². The minimum absolute atomic E-state index is 0.0202. The molecule has 0 spiro atoms. The maximum absolute atomic E-state index is 12.2. The number of carboxylic acids is 1. The van der Waals surface area contributed by atoms with Crippen LogP contribution in [0.25, 0.3) is 6.08 Å². The molecule has 1 aromatic heterocycles. The van der Waals surface area contributed by atoms with Crippen LogP contribution >= 0.6 is 0 Å². The first kappa shape index (κ1) is 17.6. The lowest BCUT2D eigenvalue weighted by Crippen LogP contribution is -2.30. The lowest BCUT2D eigenvalue weighted by molar-refractivity contribution is -0.131. The van der Waals surface area contributed by atoms with Crippen LogP contribution in [0.4, 0.5) is 5.95 Å². The number of hydrazine groups is 1. The third kappa shape index (κ3) is 4.86. The van der Waals surface area contributed by atoms with Crippen molar-refractivity contribution in [1.29, 1.82) is 0 Å². The van der Waals surface area contributed by atoms with Gasteiger partial charge in [0.2, 0.25) is 5.95 Å². The molecule has 0 atom stereocenters. The van der Waals surface area contributed by atoms with E-state index in [0.29, 0.717) is 17.0 Å². The minimum Gasteiger partial charge on any atom is -0.478 e. The molecule has 1 aromatic carbocycles. The molecular formula is C15H16N4O4S. The van der Waals surface area contributed by atoms with Gasteiger partial charge in [0.1, 0.15) is 0 Å². The van der Waals surface area contributed by atoms with E-state index < -0.39 is 16.0 Å². The number of anilines is 1. The van der Waals surface area contributed by atoms with Gasteiger partial charge in [-0.15, -0.1) is 4.83 Å². The van der Waals surface area contributed by atoms with Gasteiger partial charge in [-0.3, -0.25) is 5.43 Å². The number of carbonyl (C=O) groups is 1. The zero-order valence-corrected chi connectivity index (χ0v) is 13.8. The van der Waals surface area contributed by atoms with E-state index in [-0.39, 0.29) is 10.8 Å². The van der Waals surface area contributed by atoms with Gasteiger partial charge in [0, 0.05) is 17.5 Å². The number of hydrogen-bond donors (Lipinski definition) is 3. The Balaban J connectivity index is 2.11. The van der Waals surface area contributed by atoms with Gasteiger partial charge < -0.3 is 5.11 Å². The van der Waals surface area contributed by atoms with Crippen LogP contribution in [0.1, 0.15) is 17.0 Å². The molecule has 8 nitrogen and oxygen atoms in total. The minimum atomic E-state index is -3.81. The van der Waals surface area contributed by atoms with Crippen LogP contribution in [0.3, 0.4) is 0 Å². The second-order valence-electron chi connectivity index (χ2n) is 4.95. The van der Waals surface area contributed by atoms with Crippen LogP contribution in [0, 0.1) is 13.8 Å². The molecule has 0 aliphatic rings. The summed E-state index contributed by atoms with van der Waals surface area (Å²) in [5, 5.41) is 8.56. The molecule has 3 N–H and O–H groups in total. The molecule has 0 radical (unpaired) electrons. The average Bonchev–Trinajstić information content (AvgIpc) is 2.50. The van der Waals surface area contributed by atoms with Crippen molar-refractivity contribution in [2.45, 2.75) is 18.7 Å². The number of benzene rings is 1. The number of nitrogens with one attached hydrogen (secondary N) is 2. The SMILES string of the molecule is Cc1cc(C)nc(NNS(=O)(=O)c2ccc(/C=C/C(=O)O)cc2)n1. The van der Waals surface area contributed by atoms with Crippen LogP contribution in [-0.2, 0) is 14.8 Å². The van der Waals surface area contributed by atoms with Gasteiger partial charge in [0.25, 0.3) is 10.0 Å². The van der Waals surface area contributed by atoms with E-state index in [2.05, 4.69) is 20.2 Å². The van der Waals surface area contributed by atoms with E-state index in [4.69, 9.17) is 5.11 Å². The number of aromatic nitrogens is 2. The van der Waals surface area contributed by atoms with Crippen LogP contribution in [0.15, 0.2) is 41.3 Å². The predicted octanol–water partition coefficient (Wildman–Crippen LogP) is 1.50. The Morgan fingerprint density at radius 3 is 2.25 bits per heavy atom. The fourth-order valence-electron chi connectivity index (χ4n) is 1.88. The van der Waals surface area contributed by atoms with E-state index in [1.807, 2.05) is 0 Å². The van der Waals surface area contributed by atoms with Crippen molar-refractivity contribution in [3.8, 4) is 0 Å². The molecule has 2 aromatic rings. The lowest BCUT2D eigenvalue weighted by atomic mass is 10.2. The summed E-state index contributed by atoms with van der Waals surface area (Å²) in [5.41, 5.74) is 4.45. The maximum atomic E-state index is 12.2. The van der Waals surface area contributed by atoms with E-state index >= 15 is 0 Å².